The number of aromatic nitrogens is 2. The van der Waals surface area contributed by atoms with Crippen molar-refractivity contribution in [1.82, 2.24) is 10.2 Å². The van der Waals surface area contributed by atoms with Crippen LogP contribution in [0, 0.1) is 5.82 Å². The van der Waals surface area contributed by atoms with Gasteiger partial charge >= 0.3 is 0 Å². The van der Waals surface area contributed by atoms with Gasteiger partial charge in [-0.1, -0.05) is 35.3 Å². The molecule has 13 heteroatoms. The molecule has 2 N–H and O–H groups in total. The Hall–Kier alpha value is -3.54. The van der Waals surface area contributed by atoms with E-state index in [-0.39, 0.29) is 32.9 Å². The molecule has 0 spiro atoms. The zero-order valence-electron chi connectivity index (χ0n) is 16.3. The molecule has 33 heavy (non-hydrogen) atoms. The van der Waals surface area contributed by atoms with Gasteiger partial charge in [-0.05, 0) is 48.5 Å². The molecular formula is C20H12Cl2FN5O4S. The maximum absolute atomic E-state index is 14.1. The van der Waals surface area contributed by atoms with E-state index in [0.717, 1.165) is 6.07 Å². The number of sulfonamides is 1. The summed E-state index contributed by atoms with van der Waals surface area (Å²) in [5, 5.41) is 9.55. The van der Waals surface area contributed by atoms with Gasteiger partial charge in [0.25, 0.3) is 21.8 Å². The van der Waals surface area contributed by atoms with Crippen molar-refractivity contribution in [3.63, 3.8) is 0 Å². The maximum Gasteiger partial charge on any atom is 0.283 e. The van der Waals surface area contributed by atoms with E-state index in [0.29, 0.717) is 4.90 Å². The van der Waals surface area contributed by atoms with Crippen LogP contribution < -0.4 is 14.9 Å². The van der Waals surface area contributed by atoms with Crippen LogP contribution in [0.25, 0.3) is 0 Å². The minimum absolute atomic E-state index is 0.0261. The number of hydrogen-bond donors (Lipinski definition) is 2. The van der Waals surface area contributed by atoms with Gasteiger partial charge in [0.2, 0.25) is 0 Å². The number of benzene rings is 2. The SMILES string of the molecule is O=C1C(Cl)=C(Nc2ccc(S(=O)(=O)Nc3ccc(Cl)nn3)cc2)C(=O)N1c1ccccc1F. The van der Waals surface area contributed by atoms with E-state index in [4.69, 9.17) is 23.2 Å². The number of anilines is 3. The first-order chi connectivity index (χ1) is 15.7. The molecule has 1 aliphatic rings. The van der Waals surface area contributed by atoms with Gasteiger partial charge in [0.05, 0.1) is 10.6 Å². The van der Waals surface area contributed by atoms with Crippen molar-refractivity contribution >= 4 is 62.2 Å². The van der Waals surface area contributed by atoms with Crippen LogP contribution in [0.2, 0.25) is 5.15 Å². The fourth-order valence-corrected chi connectivity index (χ4v) is 4.20. The summed E-state index contributed by atoms with van der Waals surface area (Å²) in [5.41, 5.74) is -0.236. The van der Waals surface area contributed by atoms with Crippen LogP contribution in [0.5, 0.6) is 0 Å². The zero-order chi connectivity index (χ0) is 23.8. The van der Waals surface area contributed by atoms with Crippen LogP contribution in [0.4, 0.5) is 21.6 Å². The van der Waals surface area contributed by atoms with E-state index in [1.54, 1.807) is 0 Å². The Morgan fingerprint density at radius 1 is 0.879 bits per heavy atom. The number of hydrogen-bond acceptors (Lipinski definition) is 7. The van der Waals surface area contributed by atoms with Crippen LogP contribution >= 0.6 is 23.2 Å². The molecule has 2 heterocycles. The molecule has 0 unspecified atom stereocenters. The fourth-order valence-electron chi connectivity index (χ4n) is 2.89. The number of carbonyl (C=O) groups excluding carboxylic acids is 2. The minimum atomic E-state index is -3.98. The molecule has 0 atom stereocenters. The summed E-state index contributed by atoms with van der Waals surface area (Å²) in [5.74, 6) is -2.53. The first kappa shape index (κ1) is 22.6. The molecule has 0 saturated carbocycles. The highest BCUT2D eigenvalue weighted by Crippen LogP contribution is 2.31. The molecule has 0 saturated heterocycles. The monoisotopic (exact) mass is 507 g/mol. The van der Waals surface area contributed by atoms with Gasteiger partial charge in [-0.2, -0.15) is 0 Å². The van der Waals surface area contributed by atoms with Crippen molar-refractivity contribution in [2.75, 3.05) is 14.9 Å². The number of amides is 2. The van der Waals surface area contributed by atoms with Crippen LogP contribution in [-0.4, -0.2) is 30.4 Å². The van der Waals surface area contributed by atoms with Gasteiger partial charge < -0.3 is 5.32 Å². The molecule has 168 valence electrons. The quantitative estimate of drug-likeness (QED) is 0.489. The summed E-state index contributed by atoms with van der Waals surface area (Å²) in [6, 6.07) is 13.3. The third-order valence-electron chi connectivity index (χ3n) is 4.43. The number of halogens is 3. The van der Waals surface area contributed by atoms with E-state index < -0.39 is 32.7 Å². The van der Waals surface area contributed by atoms with E-state index in [1.807, 2.05) is 0 Å². The van der Waals surface area contributed by atoms with Gasteiger partial charge in [0.15, 0.2) is 11.0 Å². The molecule has 0 radical (unpaired) electrons. The summed E-state index contributed by atoms with van der Waals surface area (Å²) >= 11 is 11.7. The molecule has 3 aromatic rings. The number of nitrogens with one attached hydrogen (secondary N) is 2. The summed E-state index contributed by atoms with van der Waals surface area (Å²) in [6.07, 6.45) is 0. The summed E-state index contributed by atoms with van der Waals surface area (Å²) in [7, 11) is -3.98. The average molecular weight is 508 g/mol. The second-order valence-electron chi connectivity index (χ2n) is 6.58. The van der Waals surface area contributed by atoms with Crippen molar-refractivity contribution in [3.05, 3.63) is 82.4 Å². The van der Waals surface area contributed by atoms with Gasteiger partial charge in [-0.25, -0.2) is 17.7 Å². The largest absolute Gasteiger partial charge is 0.350 e. The van der Waals surface area contributed by atoms with Crippen LogP contribution in [0.1, 0.15) is 0 Å². The Labute approximate surface area is 196 Å². The van der Waals surface area contributed by atoms with E-state index in [2.05, 4.69) is 20.2 Å². The first-order valence-corrected chi connectivity index (χ1v) is 11.3. The topological polar surface area (TPSA) is 121 Å². The molecule has 0 fully saturated rings. The van der Waals surface area contributed by atoms with Crippen LogP contribution in [0.15, 0.2) is 76.3 Å². The van der Waals surface area contributed by atoms with Gasteiger partial charge in [0, 0.05) is 5.69 Å². The number of imide groups is 1. The second kappa shape index (κ2) is 8.77. The van der Waals surface area contributed by atoms with E-state index in [1.165, 1.54) is 54.6 Å². The molecular weight excluding hydrogens is 496 g/mol. The lowest BCUT2D eigenvalue weighted by atomic mass is 10.2. The Balaban J connectivity index is 1.53. The van der Waals surface area contributed by atoms with E-state index >= 15 is 0 Å². The zero-order valence-corrected chi connectivity index (χ0v) is 18.6. The van der Waals surface area contributed by atoms with E-state index in [9.17, 15) is 22.4 Å². The highest BCUT2D eigenvalue weighted by Gasteiger charge is 2.40. The van der Waals surface area contributed by atoms with Crippen LogP contribution in [0.3, 0.4) is 0 Å². The van der Waals surface area contributed by atoms with Crippen molar-refractivity contribution in [2.24, 2.45) is 0 Å². The van der Waals surface area contributed by atoms with Crippen molar-refractivity contribution in [2.45, 2.75) is 4.90 Å². The minimum Gasteiger partial charge on any atom is -0.350 e. The number of para-hydroxylation sites is 1. The summed E-state index contributed by atoms with van der Waals surface area (Å²) in [4.78, 5) is 25.7. The van der Waals surface area contributed by atoms with Gasteiger partial charge in [-0.3, -0.25) is 14.3 Å². The molecule has 0 bridgehead atoms. The first-order valence-electron chi connectivity index (χ1n) is 9.09. The number of rotatable bonds is 6. The molecule has 1 aromatic heterocycles. The van der Waals surface area contributed by atoms with Crippen molar-refractivity contribution in [3.8, 4) is 0 Å². The molecule has 0 aliphatic carbocycles. The molecule has 2 amide bonds. The smallest absolute Gasteiger partial charge is 0.283 e. The maximum atomic E-state index is 14.1. The normalized spacial score (nSPS) is 14.1. The Morgan fingerprint density at radius 2 is 1.58 bits per heavy atom. The number of nitrogens with zero attached hydrogens (tertiary/aromatic N) is 3. The molecule has 4 rings (SSSR count). The highest BCUT2D eigenvalue weighted by molar-refractivity contribution is 7.92. The molecule has 1 aliphatic heterocycles. The van der Waals surface area contributed by atoms with Gasteiger partial charge in [-0.15, -0.1) is 10.2 Å². The Bertz CT molecular complexity index is 1400. The lowest BCUT2D eigenvalue weighted by Crippen LogP contribution is -2.33. The second-order valence-corrected chi connectivity index (χ2v) is 9.03. The number of carbonyl (C=O) groups is 2. The van der Waals surface area contributed by atoms with Crippen LogP contribution in [-0.2, 0) is 19.6 Å². The van der Waals surface area contributed by atoms with Crippen molar-refractivity contribution in [1.29, 1.82) is 0 Å². The lowest BCUT2D eigenvalue weighted by molar-refractivity contribution is -0.120. The predicted octanol–water partition coefficient (Wildman–Crippen LogP) is 3.51. The fraction of sp³-hybridized carbons (Fsp3) is 0. The summed E-state index contributed by atoms with van der Waals surface area (Å²) in [6.45, 7) is 0. The standard InChI is InChI=1S/C20H12Cl2FN5O4S/c21-15-9-10-16(26-25-15)27-33(31,32)12-7-5-11(6-8-12)24-18-17(22)19(29)28(20(18)30)14-4-2-1-3-13(14)23/h1-10,24H,(H,26,27). The molecule has 9 nitrogen and oxygen atoms in total. The Kier molecular flexibility index (Phi) is 6.02. The summed E-state index contributed by atoms with van der Waals surface area (Å²) < 4.78 is 41.4. The van der Waals surface area contributed by atoms with Crippen molar-refractivity contribution < 1.29 is 22.4 Å². The highest BCUT2D eigenvalue weighted by atomic mass is 35.5. The molecule has 2 aromatic carbocycles. The third-order valence-corrected chi connectivity index (χ3v) is 6.35. The lowest BCUT2D eigenvalue weighted by Gasteiger charge is -2.15. The predicted molar refractivity (Wildman–Crippen MR) is 120 cm³/mol. The average Bonchev–Trinajstić information content (AvgIpc) is 2.99. The third kappa shape index (κ3) is 4.51. The van der Waals surface area contributed by atoms with Gasteiger partial charge in [0.1, 0.15) is 16.5 Å². The Morgan fingerprint density at radius 3 is 2.21 bits per heavy atom.